The number of hydrogen-bond donors (Lipinski definition) is 1. The number of aromatic nitrogens is 1. The minimum absolute atomic E-state index is 0.00545. The molecule has 84 valence electrons. The molecule has 0 spiro atoms. The number of hydrogen-bond acceptors (Lipinski definition) is 3. The predicted molar refractivity (Wildman–Crippen MR) is 66.3 cm³/mol. The van der Waals surface area contributed by atoms with Crippen LogP contribution < -0.4 is 5.73 Å². The first-order valence-corrected chi connectivity index (χ1v) is 6.29. The lowest BCUT2D eigenvalue weighted by Crippen LogP contribution is -2.41. The molecule has 16 heavy (non-hydrogen) atoms. The number of nitrogens with zero attached hydrogens (tertiary/aromatic N) is 1. The standard InChI is InChI=1S/C12H13BrN2O/c13-8-2-3-10-9(6-8)15-11(16-10)12(7-14)4-1-5-12/h2-3,6H,1,4-5,7,14H2. The van der Waals surface area contributed by atoms with Gasteiger partial charge in [-0.1, -0.05) is 22.4 Å². The molecule has 0 unspecified atom stereocenters. The van der Waals surface area contributed by atoms with Gasteiger partial charge in [-0.3, -0.25) is 0 Å². The van der Waals surface area contributed by atoms with Crippen LogP contribution in [0.4, 0.5) is 0 Å². The van der Waals surface area contributed by atoms with Gasteiger partial charge in [-0.2, -0.15) is 0 Å². The van der Waals surface area contributed by atoms with Gasteiger partial charge in [0, 0.05) is 11.0 Å². The molecule has 0 amide bonds. The fraction of sp³-hybridized carbons (Fsp3) is 0.417. The Labute approximate surface area is 102 Å². The number of benzene rings is 1. The summed E-state index contributed by atoms with van der Waals surface area (Å²) in [7, 11) is 0. The first kappa shape index (κ1) is 10.3. The molecule has 3 nitrogen and oxygen atoms in total. The van der Waals surface area contributed by atoms with Crippen molar-refractivity contribution in [3.05, 3.63) is 28.6 Å². The lowest BCUT2D eigenvalue weighted by molar-refractivity contribution is 0.203. The molecule has 0 aliphatic heterocycles. The molecule has 4 heteroatoms. The van der Waals surface area contributed by atoms with Crippen LogP contribution in [0.2, 0.25) is 0 Å². The maximum absolute atomic E-state index is 5.84. The van der Waals surface area contributed by atoms with Crippen LogP contribution in [0.5, 0.6) is 0 Å². The smallest absolute Gasteiger partial charge is 0.202 e. The number of nitrogens with two attached hydrogens (primary N) is 1. The maximum Gasteiger partial charge on any atom is 0.202 e. The zero-order valence-electron chi connectivity index (χ0n) is 8.87. The molecule has 3 rings (SSSR count). The van der Waals surface area contributed by atoms with Gasteiger partial charge >= 0.3 is 0 Å². The Balaban J connectivity index is 2.11. The van der Waals surface area contributed by atoms with E-state index in [0.29, 0.717) is 6.54 Å². The van der Waals surface area contributed by atoms with E-state index in [1.807, 2.05) is 18.2 Å². The molecule has 1 aromatic heterocycles. The minimum Gasteiger partial charge on any atom is -0.440 e. The summed E-state index contributed by atoms with van der Waals surface area (Å²) < 4.78 is 6.83. The van der Waals surface area contributed by atoms with Gasteiger partial charge in [-0.15, -0.1) is 0 Å². The molecule has 2 aromatic rings. The van der Waals surface area contributed by atoms with Crippen LogP contribution in [0, 0.1) is 0 Å². The monoisotopic (exact) mass is 280 g/mol. The van der Waals surface area contributed by atoms with Gasteiger partial charge in [0.1, 0.15) is 5.52 Å². The van der Waals surface area contributed by atoms with Crippen LogP contribution in [-0.2, 0) is 5.41 Å². The van der Waals surface area contributed by atoms with Crippen molar-refractivity contribution in [3.63, 3.8) is 0 Å². The van der Waals surface area contributed by atoms with Crippen molar-refractivity contribution in [3.8, 4) is 0 Å². The lowest BCUT2D eigenvalue weighted by atomic mass is 9.69. The summed E-state index contributed by atoms with van der Waals surface area (Å²) in [6.45, 7) is 0.626. The van der Waals surface area contributed by atoms with E-state index < -0.39 is 0 Å². The number of rotatable bonds is 2. The molecule has 0 radical (unpaired) electrons. The van der Waals surface area contributed by atoms with Crippen LogP contribution in [0.15, 0.2) is 27.1 Å². The molecule has 1 fully saturated rings. The second-order valence-electron chi connectivity index (χ2n) is 4.47. The van der Waals surface area contributed by atoms with Crippen LogP contribution in [0.25, 0.3) is 11.1 Å². The molecule has 1 saturated carbocycles. The fourth-order valence-corrected chi connectivity index (χ4v) is 2.59. The van der Waals surface area contributed by atoms with E-state index in [1.165, 1.54) is 6.42 Å². The van der Waals surface area contributed by atoms with E-state index in [2.05, 4.69) is 20.9 Å². The van der Waals surface area contributed by atoms with Gasteiger partial charge in [-0.25, -0.2) is 4.98 Å². The van der Waals surface area contributed by atoms with Crippen molar-refractivity contribution in [1.82, 2.24) is 4.98 Å². The van der Waals surface area contributed by atoms with Crippen LogP contribution >= 0.6 is 15.9 Å². The minimum atomic E-state index is 0.00545. The molecular weight excluding hydrogens is 268 g/mol. The van der Waals surface area contributed by atoms with E-state index in [-0.39, 0.29) is 5.41 Å². The third-order valence-corrected chi connectivity index (χ3v) is 4.00. The first-order chi connectivity index (χ1) is 7.73. The normalized spacial score (nSPS) is 18.6. The van der Waals surface area contributed by atoms with Gasteiger partial charge < -0.3 is 10.2 Å². The summed E-state index contributed by atoms with van der Waals surface area (Å²) in [6, 6.07) is 5.89. The molecule has 1 heterocycles. The average molecular weight is 281 g/mol. The second-order valence-corrected chi connectivity index (χ2v) is 5.38. The average Bonchev–Trinajstić information content (AvgIpc) is 2.60. The highest BCUT2D eigenvalue weighted by atomic mass is 79.9. The SMILES string of the molecule is NCC1(c2nc3cc(Br)ccc3o2)CCC1. The Morgan fingerprint density at radius 2 is 2.25 bits per heavy atom. The van der Waals surface area contributed by atoms with Crippen molar-refractivity contribution in [1.29, 1.82) is 0 Å². The van der Waals surface area contributed by atoms with Crippen molar-refractivity contribution in [2.24, 2.45) is 5.73 Å². The molecule has 0 atom stereocenters. The highest BCUT2D eigenvalue weighted by molar-refractivity contribution is 9.10. The molecule has 1 aliphatic rings. The summed E-state index contributed by atoms with van der Waals surface area (Å²) in [6.07, 6.45) is 3.41. The number of halogens is 1. The third-order valence-electron chi connectivity index (χ3n) is 3.50. The van der Waals surface area contributed by atoms with Crippen LogP contribution in [0.3, 0.4) is 0 Å². The zero-order chi connectivity index (χ0) is 11.2. The first-order valence-electron chi connectivity index (χ1n) is 5.50. The van der Waals surface area contributed by atoms with Crippen LogP contribution in [-0.4, -0.2) is 11.5 Å². The number of fused-ring (bicyclic) bond motifs is 1. The van der Waals surface area contributed by atoms with Crippen molar-refractivity contribution < 1.29 is 4.42 Å². The molecule has 0 bridgehead atoms. The summed E-state index contributed by atoms with van der Waals surface area (Å²) in [5.41, 5.74) is 7.60. The molecular formula is C12H13BrN2O. The Hall–Kier alpha value is -0.870. The van der Waals surface area contributed by atoms with E-state index in [9.17, 15) is 0 Å². The topological polar surface area (TPSA) is 52.0 Å². The van der Waals surface area contributed by atoms with E-state index in [0.717, 1.165) is 34.3 Å². The summed E-state index contributed by atoms with van der Waals surface area (Å²) in [5.74, 6) is 0.814. The highest BCUT2D eigenvalue weighted by Crippen LogP contribution is 2.43. The highest BCUT2D eigenvalue weighted by Gasteiger charge is 2.41. The number of oxazole rings is 1. The van der Waals surface area contributed by atoms with Crippen LogP contribution in [0.1, 0.15) is 25.2 Å². The fourth-order valence-electron chi connectivity index (χ4n) is 2.24. The molecule has 0 saturated heterocycles. The summed E-state index contributed by atoms with van der Waals surface area (Å²) >= 11 is 3.43. The maximum atomic E-state index is 5.84. The second kappa shape index (κ2) is 3.57. The Kier molecular flexibility index (Phi) is 2.30. The quantitative estimate of drug-likeness (QED) is 0.920. The van der Waals surface area contributed by atoms with Gasteiger partial charge in [0.2, 0.25) is 5.89 Å². The molecule has 2 N–H and O–H groups in total. The Bertz CT molecular complexity index is 525. The Morgan fingerprint density at radius 3 is 2.88 bits per heavy atom. The van der Waals surface area contributed by atoms with Crippen molar-refractivity contribution >= 4 is 27.0 Å². The lowest BCUT2D eigenvalue weighted by Gasteiger charge is -2.37. The largest absolute Gasteiger partial charge is 0.440 e. The van der Waals surface area contributed by atoms with Gasteiger partial charge in [-0.05, 0) is 31.0 Å². The molecule has 1 aromatic carbocycles. The predicted octanol–water partition coefficient (Wildman–Crippen LogP) is 2.97. The van der Waals surface area contributed by atoms with Crippen molar-refractivity contribution in [2.75, 3.05) is 6.54 Å². The van der Waals surface area contributed by atoms with E-state index >= 15 is 0 Å². The van der Waals surface area contributed by atoms with Gasteiger partial charge in [0.25, 0.3) is 0 Å². The zero-order valence-corrected chi connectivity index (χ0v) is 10.5. The van der Waals surface area contributed by atoms with E-state index in [1.54, 1.807) is 0 Å². The molecule has 1 aliphatic carbocycles. The summed E-state index contributed by atoms with van der Waals surface area (Å²) in [5, 5.41) is 0. The van der Waals surface area contributed by atoms with Gasteiger partial charge in [0.05, 0.1) is 5.41 Å². The third kappa shape index (κ3) is 1.40. The van der Waals surface area contributed by atoms with Gasteiger partial charge in [0.15, 0.2) is 5.58 Å². The van der Waals surface area contributed by atoms with Crippen molar-refractivity contribution in [2.45, 2.75) is 24.7 Å². The summed E-state index contributed by atoms with van der Waals surface area (Å²) in [4.78, 5) is 4.56. The van der Waals surface area contributed by atoms with E-state index in [4.69, 9.17) is 10.2 Å². The Morgan fingerprint density at radius 1 is 1.44 bits per heavy atom.